The molecule has 0 amide bonds. The van der Waals surface area contributed by atoms with Crippen LogP contribution in [0.2, 0.25) is 19.6 Å². The van der Waals surface area contributed by atoms with Crippen molar-refractivity contribution in [3.63, 3.8) is 0 Å². The zero-order valence-electron chi connectivity index (χ0n) is 5.03. The summed E-state index contributed by atoms with van der Waals surface area (Å²) in [6, 6.07) is 0. The van der Waals surface area contributed by atoms with Crippen LogP contribution in [-0.2, 0) is 0 Å². The predicted octanol–water partition coefficient (Wildman–Crippen LogP) is 2.62. The third-order valence-corrected chi connectivity index (χ3v) is 2.07. The normalized spacial score (nSPS) is 13.1. The van der Waals surface area contributed by atoms with Crippen molar-refractivity contribution in [2.75, 3.05) is 0 Å². The molecule has 0 nitrogen and oxygen atoms in total. The van der Waals surface area contributed by atoms with Crippen molar-refractivity contribution in [1.82, 2.24) is 0 Å². The molecule has 0 rings (SSSR count). The second-order valence-corrected chi connectivity index (χ2v) is 7.98. The summed E-state index contributed by atoms with van der Waals surface area (Å²) in [4.78, 5) is 0. The molecule has 0 aliphatic carbocycles. The van der Waals surface area contributed by atoms with Gasteiger partial charge in [-0.3, -0.25) is 0 Å². The van der Waals surface area contributed by atoms with Crippen LogP contribution in [0.15, 0.2) is 11.2 Å². The van der Waals surface area contributed by atoms with E-state index in [-0.39, 0.29) is 0 Å². The summed E-state index contributed by atoms with van der Waals surface area (Å²) in [7, 11) is -0.970. The van der Waals surface area contributed by atoms with Crippen LogP contribution < -0.4 is 0 Å². The van der Waals surface area contributed by atoms with Gasteiger partial charge in [0.05, 0.1) is 8.07 Å². The monoisotopic (exact) mass is 134 g/mol. The minimum Gasteiger partial charge on any atom is -0.0937 e. The van der Waals surface area contributed by atoms with Gasteiger partial charge in [0.15, 0.2) is 0 Å². The first-order valence-electron chi connectivity index (χ1n) is 2.34. The van der Waals surface area contributed by atoms with E-state index in [1.165, 1.54) is 0 Å². The second kappa shape index (κ2) is 2.53. The minimum absolute atomic E-state index is 0.970. The molecule has 0 saturated carbocycles. The van der Waals surface area contributed by atoms with Crippen LogP contribution in [0, 0.1) is 0 Å². The Morgan fingerprint density at radius 3 is 1.71 bits per heavy atom. The van der Waals surface area contributed by atoms with E-state index in [4.69, 9.17) is 11.6 Å². The fourth-order valence-corrected chi connectivity index (χ4v) is 1.70. The first-order chi connectivity index (χ1) is 3.06. The smallest absolute Gasteiger partial charge is 0.0698 e. The molecular formula is C5H11ClSi. The number of halogens is 1. The summed E-state index contributed by atoms with van der Waals surface area (Å²) in [6.45, 7) is 6.73. The molecule has 0 radical (unpaired) electrons. The zero-order valence-corrected chi connectivity index (χ0v) is 6.79. The lowest BCUT2D eigenvalue weighted by atomic mass is 11.2. The van der Waals surface area contributed by atoms with Gasteiger partial charge in [-0.1, -0.05) is 36.9 Å². The van der Waals surface area contributed by atoms with Gasteiger partial charge in [-0.05, 0) is 5.54 Å². The lowest BCUT2D eigenvalue weighted by Gasteiger charge is -2.05. The van der Waals surface area contributed by atoms with Crippen molar-refractivity contribution >= 4 is 19.7 Å². The standard InChI is InChI=1S/C5H11ClSi/c1-7(2,3)5-4-6/h4-5H,1-3H3. The molecule has 0 aliphatic rings. The van der Waals surface area contributed by atoms with Gasteiger partial charge in [-0.2, -0.15) is 0 Å². The summed E-state index contributed by atoms with van der Waals surface area (Å²) in [5.41, 5.74) is 3.71. The third kappa shape index (κ3) is 6.25. The molecule has 0 aromatic rings. The fourth-order valence-electron chi connectivity index (χ4n) is 0.189. The Bertz CT molecular complexity index is 70.6. The van der Waals surface area contributed by atoms with Crippen LogP contribution >= 0.6 is 11.6 Å². The quantitative estimate of drug-likeness (QED) is 0.484. The van der Waals surface area contributed by atoms with Gasteiger partial charge in [-0.25, -0.2) is 0 Å². The highest BCUT2D eigenvalue weighted by Gasteiger charge is 2.05. The predicted molar refractivity (Wildman–Crippen MR) is 38.3 cm³/mol. The van der Waals surface area contributed by atoms with Crippen LogP contribution in [0.3, 0.4) is 0 Å². The lowest BCUT2D eigenvalue weighted by molar-refractivity contribution is 1.78. The average Bonchev–Trinajstić information content (AvgIpc) is 1.30. The van der Waals surface area contributed by atoms with E-state index < -0.39 is 8.07 Å². The number of hydrogen-bond acceptors (Lipinski definition) is 0. The van der Waals surface area contributed by atoms with Crippen LogP contribution in [0.25, 0.3) is 0 Å². The van der Waals surface area contributed by atoms with Gasteiger partial charge >= 0.3 is 0 Å². The summed E-state index contributed by atoms with van der Waals surface area (Å²) >= 11 is 5.34. The fraction of sp³-hybridized carbons (Fsp3) is 0.600. The topological polar surface area (TPSA) is 0 Å². The average molecular weight is 135 g/mol. The maximum Gasteiger partial charge on any atom is 0.0698 e. The van der Waals surface area contributed by atoms with Crippen molar-refractivity contribution in [3.8, 4) is 0 Å². The molecule has 0 aromatic heterocycles. The van der Waals surface area contributed by atoms with E-state index in [2.05, 4.69) is 25.3 Å². The van der Waals surface area contributed by atoms with Crippen LogP contribution in [0.5, 0.6) is 0 Å². The number of rotatable bonds is 1. The third-order valence-electron chi connectivity index (χ3n) is 0.563. The Hall–Kier alpha value is 0.247. The van der Waals surface area contributed by atoms with Gasteiger partial charge in [-0.15, -0.1) is 0 Å². The molecule has 0 fully saturated rings. The molecule has 0 spiro atoms. The molecule has 0 atom stereocenters. The molecule has 0 aromatic carbocycles. The maximum absolute atomic E-state index is 5.34. The zero-order chi connectivity index (χ0) is 5.91. The van der Waals surface area contributed by atoms with E-state index in [0.717, 1.165) is 0 Å². The maximum atomic E-state index is 5.34. The summed E-state index contributed by atoms with van der Waals surface area (Å²) in [5.74, 6) is 0. The van der Waals surface area contributed by atoms with Gasteiger partial charge < -0.3 is 0 Å². The molecule has 2 heteroatoms. The number of hydrogen-bond donors (Lipinski definition) is 0. The van der Waals surface area contributed by atoms with Gasteiger partial charge in [0.25, 0.3) is 0 Å². The molecule has 0 heterocycles. The highest BCUT2D eigenvalue weighted by atomic mass is 35.5. The minimum atomic E-state index is -0.970. The SMILES string of the molecule is C[Si](C)(C)C=CCl. The van der Waals surface area contributed by atoms with E-state index in [0.29, 0.717) is 0 Å². The van der Waals surface area contributed by atoms with E-state index in [1.807, 2.05) is 0 Å². The summed E-state index contributed by atoms with van der Waals surface area (Å²) in [6.07, 6.45) is 0. The molecule has 0 saturated heterocycles. The molecule has 7 heavy (non-hydrogen) atoms. The first kappa shape index (κ1) is 7.25. The van der Waals surface area contributed by atoms with Crippen molar-refractivity contribution in [2.24, 2.45) is 0 Å². The molecular weight excluding hydrogens is 124 g/mol. The van der Waals surface area contributed by atoms with Crippen LogP contribution in [0.4, 0.5) is 0 Å². The van der Waals surface area contributed by atoms with Crippen molar-refractivity contribution < 1.29 is 0 Å². The highest BCUT2D eigenvalue weighted by molar-refractivity contribution is 6.81. The lowest BCUT2D eigenvalue weighted by Crippen LogP contribution is -2.14. The van der Waals surface area contributed by atoms with Crippen molar-refractivity contribution in [2.45, 2.75) is 19.6 Å². The Morgan fingerprint density at radius 2 is 1.71 bits per heavy atom. The van der Waals surface area contributed by atoms with Gasteiger partial charge in [0, 0.05) is 0 Å². The first-order valence-corrected chi connectivity index (χ1v) is 6.35. The van der Waals surface area contributed by atoms with Crippen molar-refractivity contribution in [1.29, 1.82) is 0 Å². The van der Waals surface area contributed by atoms with Crippen LogP contribution in [-0.4, -0.2) is 8.07 Å². The molecule has 0 bridgehead atoms. The Kier molecular flexibility index (Phi) is 2.62. The summed E-state index contributed by atoms with van der Waals surface area (Å²) in [5, 5.41) is 0. The largest absolute Gasteiger partial charge is 0.0937 e. The van der Waals surface area contributed by atoms with Gasteiger partial charge in [0.2, 0.25) is 0 Å². The van der Waals surface area contributed by atoms with Crippen molar-refractivity contribution in [3.05, 3.63) is 11.2 Å². The van der Waals surface area contributed by atoms with Gasteiger partial charge in [0.1, 0.15) is 0 Å². The second-order valence-electron chi connectivity index (χ2n) is 2.66. The van der Waals surface area contributed by atoms with E-state index >= 15 is 0 Å². The molecule has 0 aliphatic heterocycles. The Labute approximate surface area is 51.2 Å². The summed E-state index contributed by atoms with van der Waals surface area (Å²) < 4.78 is 0. The van der Waals surface area contributed by atoms with E-state index in [9.17, 15) is 0 Å². The van der Waals surface area contributed by atoms with Crippen LogP contribution in [0.1, 0.15) is 0 Å². The Morgan fingerprint density at radius 1 is 1.29 bits per heavy atom. The Balaban J connectivity index is 3.56. The highest BCUT2D eigenvalue weighted by Crippen LogP contribution is 2.01. The molecule has 42 valence electrons. The van der Waals surface area contributed by atoms with E-state index in [1.54, 1.807) is 5.54 Å². The molecule has 0 N–H and O–H groups in total. The molecule has 0 unspecified atom stereocenters.